The van der Waals surface area contributed by atoms with Crippen molar-refractivity contribution in [3.63, 3.8) is 0 Å². The number of piperazine rings is 1. The van der Waals surface area contributed by atoms with Crippen LogP contribution in [0.1, 0.15) is 34.1 Å². The van der Waals surface area contributed by atoms with Crippen LogP contribution >= 0.6 is 0 Å². The van der Waals surface area contributed by atoms with Crippen LogP contribution in [0, 0.1) is 5.41 Å². The van der Waals surface area contributed by atoms with E-state index in [9.17, 15) is 14.7 Å². The Morgan fingerprint density at radius 2 is 1.57 bits per heavy atom. The minimum atomic E-state index is -0.810. The first-order valence-corrected chi connectivity index (χ1v) is 7.66. The highest BCUT2D eigenvalue weighted by molar-refractivity contribution is 5.79. The number of nitrogens with zero attached hydrogens (tertiary/aromatic N) is 3. The lowest BCUT2D eigenvalue weighted by molar-refractivity contribution is -0.147. The van der Waals surface area contributed by atoms with Gasteiger partial charge in [0, 0.05) is 44.8 Å². The van der Waals surface area contributed by atoms with Crippen LogP contribution < -0.4 is 0 Å². The molecule has 2 aliphatic heterocycles. The summed E-state index contributed by atoms with van der Waals surface area (Å²) in [4.78, 5) is 29.7. The van der Waals surface area contributed by atoms with Gasteiger partial charge in [0.2, 0.25) is 0 Å². The molecule has 0 aromatic carbocycles. The Labute approximate surface area is 126 Å². The first-order chi connectivity index (χ1) is 9.63. The molecule has 2 rings (SSSR count). The van der Waals surface area contributed by atoms with Crippen LogP contribution in [-0.2, 0) is 4.79 Å². The molecule has 6 nitrogen and oxygen atoms in total. The quantitative estimate of drug-likeness (QED) is 0.793. The maximum Gasteiger partial charge on any atom is 0.320 e. The van der Waals surface area contributed by atoms with Crippen LogP contribution in [-0.4, -0.2) is 76.6 Å². The van der Waals surface area contributed by atoms with Crippen LogP contribution in [0.25, 0.3) is 0 Å². The summed E-state index contributed by atoms with van der Waals surface area (Å²) in [7, 11) is 0. The third kappa shape index (κ3) is 3.31. The van der Waals surface area contributed by atoms with Gasteiger partial charge in [-0.3, -0.25) is 9.69 Å². The summed E-state index contributed by atoms with van der Waals surface area (Å²) in [6, 6.07) is -0.00599. The predicted molar refractivity (Wildman–Crippen MR) is 80.2 cm³/mol. The number of rotatable bonds is 1. The van der Waals surface area contributed by atoms with Gasteiger partial charge in [0.1, 0.15) is 0 Å². The van der Waals surface area contributed by atoms with Gasteiger partial charge in [0.15, 0.2) is 0 Å². The van der Waals surface area contributed by atoms with Gasteiger partial charge in [0.25, 0.3) is 0 Å². The van der Waals surface area contributed by atoms with E-state index in [1.807, 2.05) is 4.90 Å². The van der Waals surface area contributed by atoms with E-state index in [0.717, 1.165) is 26.2 Å². The summed E-state index contributed by atoms with van der Waals surface area (Å²) in [5, 5.41) is 9.25. The molecule has 0 saturated carbocycles. The second-order valence-electron chi connectivity index (χ2n) is 7.46. The van der Waals surface area contributed by atoms with Crippen LogP contribution in [0.15, 0.2) is 0 Å². The zero-order valence-electron chi connectivity index (χ0n) is 13.6. The monoisotopic (exact) mass is 297 g/mol. The van der Waals surface area contributed by atoms with E-state index in [1.54, 1.807) is 11.8 Å². The zero-order valence-corrected chi connectivity index (χ0v) is 13.6. The summed E-state index contributed by atoms with van der Waals surface area (Å²) >= 11 is 0. The third-order valence-electron chi connectivity index (χ3n) is 4.76. The molecule has 2 saturated heterocycles. The van der Waals surface area contributed by atoms with Crippen LogP contribution in [0.4, 0.5) is 4.79 Å². The highest BCUT2D eigenvalue weighted by Gasteiger charge is 2.43. The van der Waals surface area contributed by atoms with E-state index < -0.39 is 11.4 Å². The van der Waals surface area contributed by atoms with E-state index in [2.05, 4.69) is 25.7 Å². The molecule has 0 bridgehead atoms. The lowest BCUT2D eigenvalue weighted by atomic mass is 9.90. The first kappa shape index (κ1) is 16.1. The largest absolute Gasteiger partial charge is 0.481 e. The summed E-state index contributed by atoms with van der Waals surface area (Å²) in [6.45, 7) is 12.3. The van der Waals surface area contributed by atoms with Gasteiger partial charge >= 0.3 is 12.0 Å². The molecule has 2 heterocycles. The number of hydrogen-bond donors (Lipinski definition) is 1. The minimum absolute atomic E-state index is 0.00599. The fourth-order valence-corrected chi connectivity index (χ4v) is 3.07. The summed E-state index contributed by atoms with van der Waals surface area (Å²) in [6.07, 6.45) is 0.538. The number of carboxylic acids is 1. The number of aliphatic carboxylic acids is 1. The van der Waals surface area contributed by atoms with Crippen molar-refractivity contribution in [3.05, 3.63) is 0 Å². The average Bonchev–Trinajstić information content (AvgIpc) is 2.81. The molecule has 2 amide bonds. The molecular weight excluding hydrogens is 270 g/mol. The molecule has 6 heteroatoms. The maximum atomic E-state index is 12.5. The lowest BCUT2D eigenvalue weighted by Gasteiger charge is -2.43. The summed E-state index contributed by atoms with van der Waals surface area (Å²) in [5.74, 6) is -0.810. The Kier molecular flexibility index (Phi) is 4.19. The van der Waals surface area contributed by atoms with Crippen molar-refractivity contribution < 1.29 is 14.7 Å². The van der Waals surface area contributed by atoms with Crippen LogP contribution in [0.2, 0.25) is 0 Å². The number of urea groups is 1. The van der Waals surface area contributed by atoms with Crippen molar-refractivity contribution >= 4 is 12.0 Å². The van der Waals surface area contributed by atoms with Gasteiger partial charge in [-0.1, -0.05) is 0 Å². The van der Waals surface area contributed by atoms with Gasteiger partial charge in [-0.25, -0.2) is 4.79 Å². The molecule has 0 radical (unpaired) electrons. The van der Waals surface area contributed by atoms with Gasteiger partial charge in [-0.15, -0.1) is 0 Å². The number of amides is 2. The Balaban J connectivity index is 1.90. The summed E-state index contributed by atoms with van der Waals surface area (Å²) < 4.78 is 0. The van der Waals surface area contributed by atoms with Crippen LogP contribution in [0.3, 0.4) is 0 Å². The molecule has 120 valence electrons. The van der Waals surface area contributed by atoms with Crippen molar-refractivity contribution in [2.45, 2.75) is 39.7 Å². The predicted octanol–water partition coefficient (Wildman–Crippen LogP) is 1.32. The average molecular weight is 297 g/mol. The number of carboxylic acid groups (broad SMARTS) is 1. The van der Waals surface area contributed by atoms with E-state index in [0.29, 0.717) is 19.5 Å². The second kappa shape index (κ2) is 5.48. The molecule has 21 heavy (non-hydrogen) atoms. The molecule has 1 unspecified atom stereocenters. The van der Waals surface area contributed by atoms with Gasteiger partial charge in [0.05, 0.1) is 5.41 Å². The lowest BCUT2D eigenvalue weighted by Crippen LogP contribution is -2.56. The topological polar surface area (TPSA) is 64.1 Å². The summed E-state index contributed by atoms with van der Waals surface area (Å²) in [5.41, 5.74) is -0.659. The van der Waals surface area contributed by atoms with E-state index in [4.69, 9.17) is 0 Å². The van der Waals surface area contributed by atoms with Gasteiger partial charge in [-0.2, -0.15) is 0 Å². The van der Waals surface area contributed by atoms with E-state index in [-0.39, 0.29) is 11.6 Å². The van der Waals surface area contributed by atoms with E-state index >= 15 is 0 Å². The molecular formula is C15H27N3O3. The fraction of sp³-hybridized carbons (Fsp3) is 0.867. The molecule has 2 fully saturated rings. The molecule has 0 aromatic rings. The second-order valence-corrected chi connectivity index (χ2v) is 7.46. The SMILES string of the molecule is CC1(C(=O)O)CCN(C(=O)N2CCN(C(C)(C)C)CC2)C1. The molecule has 1 N–H and O–H groups in total. The minimum Gasteiger partial charge on any atom is -0.481 e. The highest BCUT2D eigenvalue weighted by atomic mass is 16.4. The Bertz CT molecular complexity index is 424. The normalized spacial score (nSPS) is 28.0. The highest BCUT2D eigenvalue weighted by Crippen LogP contribution is 2.31. The van der Waals surface area contributed by atoms with Crippen molar-refractivity contribution in [1.82, 2.24) is 14.7 Å². The number of carbonyl (C=O) groups excluding carboxylic acids is 1. The smallest absolute Gasteiger partial charge is 0.320 e. The number of hydrogen-bond acceptors (Lipinski definition) is 3. The molecule has 0 spiro atoms. The fourth-order valence-electron chi connectivity index (χ4n) is 3.07. The van der Waals surface area contributed by atoms with Crippen molar-refractivity contribution in [2.75, 3.05) is 39.3 Å². The molecule has 0 aliphatic carbocycles. The Hall–Kier alpha value is -1.30. The Morgan fingerprint density at radius 1 is 1.00 bits per heavy atom. The number of carbonyl (C=O) groups is 2. The van der Waals surface area contributed by atoms with Crippen molar-refractivity contribution in [3.8, 4) is 0 Å². The number of likely N-dealkylation sites (tertiary alicyclic amines) is 1. The first-order valence-electron chi connectivity index (χ1n) is 7.66. The van der Waals surface area contributed by atoms with Gasteiger partial charge < -0.3 is 14.9 Å². The molecule has 0 aromatic heterocycles. The molecule has 2 aliphatic rings. The maximum absolute atomic E-state index is 12.5. The van der Waals surface area contributed by atoms with Crippen molar-refractivity contribution in [2.24, 2.45) is 5.41 Å². The van der Waals surface area contributed by atoms with Gasteiger partial charge in [-0.05, 0) is 34.1 Å². The zero-order chi connectivity index (χ0) is 15.8. The van der Waals surface area contributed by atoms with Crippen molar-refractivity contribution in [1.29, 1.82) is 0 Å². The van der Waals surface area contributed by atoms with Crippen LogP contribution in [0.5, 0.6) is 0 Å². The third-order valence-corrected chi connectivity index (χ3v) is 4.76. The molecule has 1 atom stereocenters. The standard InChI is InChI=1S/C15H27N3O3/c1-14(2,3)18-9-7-16(8-10-18)13(21)17-6-5-15(4,11-17)12(19)20/h5-11H2,1-4H3,(H,19,20). The van der Waals surface area contributed by atoms with E-state index in [1.165, 1.54) is 0 Å². The Morgan fingerprint density at radius 3 is 2.00 bits per heavy atom.